The van der Waals surface area contributed by atoms with Gasteiger partial charge < -0.3 is 14.4 Å². The van der Waals surface area contributed by atoms with Gasteiger partial charge in [0.1, 0.15) is 0 Å². The Morgan fingerprint density at radius 3 is 2.77 bits per heavy atom. The van der Waals surface area contributed by atoms with Crippen LogP contribution in [0.5, 0.6) is 0 Å². The van der Waals surface area contributed by atoms with Gasteiger partial charge in [-0.3, -0.25) is 9.59 Å². The molecule has 1 aromatic heterocycles. The lowest BCUT2D eigenvalue weighted by atomic mass is 9.75. The van der Waals surface area contributed by atoms with Gasteiger partial charge in [-0.25, -0.2) is 4.98 Å². The quantitative estimate of drug-likeness (QED) is 0.812. The minimum Gasteiger partial charge on any atom is -0.342 e. The summed E-state index contributed by atoms with van der Waals surface area (Å²) in [4.78, 5) is 34.4. The Morgan fingerprint density at radius 1 is 1.38 bits per heavy atom. The van der Waals surface area contributed by atoms with Crippen LogP contribution in [-0.4, -0.2) is 57.3 Å². The molecule has 2 atom stereocenters. The van der Waals surface area contributed by atoms with E-state index >= 15 is 0 Å². The molecule has 1 aromatic rings. The van der Waals surface area contributed by atoms with Crippen LogP contribution in [0.3, 0.4) is 0 Å². The molecule has 26 heavy (non-hydrogen) atoms. The van der Waals surface area contributed by atoms with Gasteiger partial charge in [-0.1, -0.05) is 6.92 Å². The average Bonchev–Trinajstić information content (AvgIpc) is 3.06. The van der Waals surface area contributed by atoms with Gasteiger partial charge in [-0.05, 0) is 39.0 Å². The van der Waals surface area contributed by atoms with Crippen molar-refractivity contribution in [2.24, 2.45) is 11.3 Å². The maximum Gasteiger partial charge on any atom is 0.231 e. The van der Waals surface area contributed by atoms with Crippen LogP contribution in [0.25, 0.3) is 0 Å². The van der Waals surface area contributed by atoms with Crippen molar-refractivity contribution >= 4 is 11.8 Å². The van der Waals surface area contributed by atoms with Crippen LogP contribution in [0.1, 0.15) is 64.1 Å². The Bertz CT molecular complexity index is 708. The van der Waals surface area contributed by atoms with E-state index in [1.807, 2.05) is 18.2 Å². The van der Waals surface area contributed by atoms with Crippen molar-refractivity contribution in [1.29, 1.82) is 0 Å². The van der Waals surface area contributed by atoms with E-state index in [9.17, 15) is 9.59 Å². The number of carbonyl (C=O) groups is 2. The van der Waals surface area contributed by atoms with Crippen molar-refractivity contribution in [2.75, 3.05) is 26.2 Å². The summed E-state index contributed by atoms with van der Waals surface area (Å²) in [5, 5.41) is 0. The molecule has 2 aliphatic heterocycles. The Morgan fingerprint density at radius 2 is 2.15 bits per heavy atom. The zero-order chi connectivity index (χ0) is 18.5. The van der Waals surface area contributed by atoms with E-state index in [4.69, 9.17) is 0 Å². The summed E-state index contributed by atoms with van der Waals surface area (Å²) in [6.07, 6.45) is 7.76. The van der Waals surface area contributed by atoms with E-state index in [1.54, 1.807) is 0 Å². The fourth-order valence-corrected chi connectivity index (χ4v) is 4.63. The third-order valence-electron chi connectivity index (χ3n) is 6.49. The van der Waals surface area contributed by atoms with Gasteiger partial charge in [0.25, 0.3) is 0 Å². The zero-order valence-corrected chi connectivity index (χ0v) is 16.1. The van der Waals surface area contributed by atoms with Crippen molar-refractivity contribution in [1.82, 2.24) is 19.4 Å². The van der Waals surface area contributed by atoms with Crippen LogP contribution in [0, 0.1) is 11.3 Å². The predicted octanol–water partition coefficient (Wildman–Crippen LogP) is 2.43. The summed E-state index contributed by atoms with van der Waals surface area (Å²) < 4.78 is 2.09. The van der Waals surface area contributed by atoms with Crippen LogP contribution >= 0.6 is 0 Å². The highest BCUT2D eigenvalue weighted by Gasteiger charge is 2.58. The normalized spacial score (nSPS) is 28.8. The fourth-order valence-electron chi connectivity index (χ4n) is 4.63. The molecule has 3 fully saturated rings. The monoisotopic (exact) mass is 358 g/mol. The van der Waals surface area contributed by atoms with Crippen molar-refractivity contribution in [3.8, 4) is 0 Å². The van der Waals surface area contributed by atoms with Gasteiger partial charge >= 0.3 is 0 Å². The van der Waals surface area contributed by atoms with E-state index < -0.39 is 5.41 Å². The van der Waals surface area contributed by atoms with Gasteiger partial charge in [0.15, 0.2) is 0 Å². The van der Waals surface area contributed by atoms with E-state index in [0.717, 1.165) is 25.2 Å². The molecule has 4 rings (SSSR count). The number of nitrogens with zero attached hydrogens (tertiary/aromatic N) is 4. The summed E-state index contributed by atoms with van der Waals surface area (Å²) in [5.74, 6) is 1.10. The molecule has 3 heterocycles. The molecule has 1 spiro atoms. The molecule has 0 unspecified atom stereocenters. The second kappa shape index (κ2) is 6.39. The number of carbonyl (C=O) groups excluding carboxylic acids is 2. The Kier molecular flexibility index (Phi) is 4.32. The number of rotatable bonds is 5. The smallest absolute Gasteiger partial charge is 0.231 e. The van der Waals surface area contributed by atoms with Crippen molar-refractivity contribution in [3.63, 3.8) is 0 Å². The maximum atomic E-state index is 13.4. The van der Waals surface area contributed by atoms with Gasteiger partial charge in [0, 0.05) is 50.8 Å². The number of hydrogen-bond donors (Lipinski definition) is 0. The third-order valence-corrected chi connectivity index (χ3v) is 6.49. The topological polar surface area (TPSA) is 58.4 Å². The lowest BCUT2D eigenvalue weighted by molar-refractivity contribution is -0.137. The van der Waals surface area contributed by atoms with Crippen molar-refractivity contribution in [3.05, 3.63) is 18.2 Å². The second-order valence-electron chi connectivity index (χ2n) is 8.62. The Balaban J connectivity index is 1.64. The van der Waals surface area contributed by atoms with Crippen LogP contribution in [0.4, 0.5) is 0 Å². The highest BCUT2D eigenvalue weighted by atomic mass is 16.2. The lowest BCUT2D eigenvalue weighted by Gasteiger charge is -2.27. The molecule has 0 aromatic carbocycles. The number of aromatic nitrogens is 2. The van der Waals surface area contributed by atoms with E-state index in [0.29, 0.717) is 31.5 Å². The molecule has 0 radical (unpaired) electrons. The molecular formula is C20H30N4O2. The van der Waals surface area contributed by atoms with E-state index in [2.05, 4.69) is 34.5 Å². The number of imidazole rings is 1. The van der Waals surface area contributed by atoms with Crippen LogP contribution < -0.4 is 0 Å². The molecule has 1 saturated carbocycles. The van der Waals surface area contributed by atoms with Gasteiger partial charge in [0.05, 0.1) is 17.4 Å². The summed E-state index contributed by atoms with van der Waals surface area (Å²) in [6, 6.07) is 0.340. The molecule has 0 N–H and O–H groups in total. The van der Waals surface area contributed by atoms with E-state index in [-0.39, 0.29) is 17.7 Å². The zero-order valence-electron chi connectivity index (χ0n) is 16.1. The Hall–Kier alpha value is -1.85. The van der Waals surface area contributed by atoms with Crippen molar-refractivity contribution in [2.45, 2.75) is 58.4 Å². The largest absolute Gasteiger partial charge is 0.342 e. The minimum atomic E-state index is -0.476. The Labute approximate surface area is 155 Å². The maximum absolute atomic E-state index is 13.4. The standard InChI is InChI=1S/C20H30N4O2/c1-4-18(25)23-10-16(17-11-24(13-21-17)14(2)3)20(12-23)7-8-22(19(20)26)9-15-5-6-15/h11,13-16H,4-10,12H2,1-3H3/t16-,20+/m0/s1. The molecule has 0 bridgehead atoms. The minimum absolute atomic E-state index is 0.00898. The molecule has 2 saturated heterocycles. The summed E-state index contributed by atoms with van der Waals surface area (Å²) >= 11 is 0. The number of likely N-dealkylation sites (tertiary alicyclic amines) is 2. The highest BCUT2D eigenvalue weighted by Crippen LogP contribution is 2.50. The first-order valence-electron chi connectivity index (χ1n) is 10.0. The van der Waals surface area contributed by atoms with Gasteiger partial charge in [-0.2, -0.15) is 0 Å². The predicted molar refractivity (Wildman–Crippen MR) is 98.6 cm³/mol. The summed E-state index contributed by atoms with van der Waals surface area (Å²) in [6.45, 7) is 9.04. The SMILES string of the molecule is CCC(=O)N1C[C@@H](c2cn(C(C)C)cn2)[C@@]2(CCN(CC3CC3)C2=O)C1. The number of hydrogen-bond acceptors (Lipinski definition) is 3. The van der Waals surface area contributed by atoms with Gasteiger partial charge in [-0.15, -0.1) is 0 Å². The summed E-state index contributed by atoms with van der Waals surface area (Å²) in [7, 11) is 0. The van der Waals surface area contributed by atoms with Crippen LogP contribution in [0.15, 0.2) is 12.5 Å². The first-order chi connectivity index (χ1) is 12.4. The third kappa shape index (κ3) is 2.83. The number of amides is 2. The van der Waals surface area contributed by atoms with Crippen molar-refractivity contribution < 1.29 is 9.59 Å². The molecule has 2 amide bonds. The second-order valence-corrected chi connectivity index (χ2v) is 8.62. The first kappa shape index (κ1) is 17.6. The molecule has 3 aliphatic rings. The molecule has 6 heteroatoms. The average molecular weight is 358 g/mol. The lowest BCUT2D eigenvalue weighted by Crippen LogP contribution is -2.41. The van der Waals surface area contributed by atoms with E-state index in [1.165, 1.54) is 12.8 Å². The van der Waals surface area contributed by atoms with Gasteiger partial charge in [0.2, 0.25) is 11.8 Å². The first-order valence-corrected chi connectivity index (χ1v) is 10.0. The highest BCUT2D eigenvalue weighted by molar-refractivity contribution is 5.88. The molecule has 6 nitrogen and oxygen atoms in total. The fraction of sp³-hybridized carbons (Fsp3) is 0.750. The molecule has 1 aliphatic carbocycles. The molecular weight excluding hydrogens is 328 g/mol. The van der Waals surface area contributed by atoms with Crippen LogP contribution in [-0.2, 0) is 9.59 Å². The molecule has 142 valence electrons. The summed E-state index contributed by atoms with van der Waals surface area (Å²) in [5.41, 5.74) is 0.488. The van der Waals surface area contributed by atoms with Crippen LogP contribution in [0.2, 0.25) is 0 Å².